The standard InChI is InChI=1S/C11H14BrN3S/c1-9(7-15-4-2-3-14-15)13-6-11-5-10(12)8-16-11/h2-5,8-9,13H,6-7H2,1H3/t9-/m0/s1. The summed E-state index contributed by atoms with van der Waals surface area (Å²) >= 11 is 5.22. The van der Waals surface area contributed by atoms with E-state index < -0.39 is 0 Å². The van der Waals surface area contributed by atoms with Crippen LogP contribution in [0.1, 0.15) is 11.8 Å². The highest BCUT2D eigenvalue weighted by Gasteiger charge is 2.03. The number of nitrogens with one attached hydrogen (secondary N) is 1. The van der Waals surface area contributed by atoms with Crippen molar-refractivity contribution in [2.24, 2.45) is 0 Å². The van der Waals surface area contributed by atoms with Crippen molar-refractivity contribution in [2.45, 2.75) is 26.1 Å². The lowest BCUT2D eigenvalue weighted by molar-refractivity contribution is 0.452. The summed E-state index contributed by atoms with van der Waals surface area (Å²) in [6.07, 6.45) is 3.79. The van der Waals surface area contributed by atoms with E-state index in [-0.39, 0.29) is 0 Å². The molecule has 0 spiro atoms. The fourth-order valence-corrected chi connectivity index (χ4v) is 2.88. The van der Waals surface area contributed by atoms with Crippen molar-refractivity contribution < 1.29 is 0 Å². The minimum atomic E-state index is 0.417. The van der Waals surface area contributed by atoms with Crippen molar-refractivity contribution in [1.82, 2.24) is 15.1 Å². The van der Waals surface area contributed by atoms with Crippen LogP contribution >= 0.6 is 27.3 Å². The third-order valence-electron chi connectivity index (χ3n) is 2.27. The predicted molar refractivity (Wildman–Crippen MR) is 70.5 cm³/mol. The van der Waals surface area contributed by atoms with Gasteiger partial charge in [0.25, 0.3) is 0 Å². The lowest BCUT2D eigenvalue weighted by Gasteiger charge is -2.12. The first kappa shape index (κ1) is 11.8. The van der Waals surface area contributed by atoms with Gasteiger partial charge in [0.05, 0.1) is 6.54 Å². The summed E-state index contributed by atoms with van der Waals surface area (Å²) < 4.78 is 3.11. The van der Waals surface area contributed by atoms with E-state index in [2.05, 4.69) is 44.7 Å². The summed E-state index contributed by atoms with van der Waals surface area (Å²) in [6, 6.07) is 4.52. The van der Waals surface area contributed by atoms with Crippen molar-refractivity contribution >= 4 is 27.3 Å². The Labute approximate surface area is 108 Å². The maximum Gasteiger partial charge on any atom is 0.0560 e. The van der Waals surface area contributed by atoms with Crippen LogP contribution in [0.15, 0.2) is 34.4 Å². The quantitative estimate of drug-likeness (QED) is 0.920. The van der Waals surface area contributed by atoms with Crippen LogP contribution in [0.5, 0.6) is 0 Å². The summed E-state index contributed by atoms with van der Waals surface area (Å²) in [5.74, 6) is 0. The van der Waals surface area contributed by atoms with Gasteiger partial charge in [-0.3, -0.25) is 4.68 Å². The Morgan fingerprint density at radius 3 is 3.12 bits per heavy atom. The van der Waals surface area contributed by atoms with Gasteiger partial charge in [-0.2, -0.15) is 5.10 Å². The predicted octanol–water partition coefficient (Wildman–Crippen LogP) is 2.89. The number of hydrogen-bond acceptors (Lipinski definition) is 3. The Bertz CT molecular complexity index is 424. The van der Waals surface area contributed by atoms with Gasteiger partial charge in [-0.25, -0.2) is 0 Å². The van der Waals surface area contributed by atoms with Crippen molar-refractivity contribution in [3.05, 3.63) is 39.3 Å². The monoisotopic (exact) mass is 299 g/mol. The SMILES string of the molecule is C[C@@H](Cn1cccn1)NCc1cc(Br)cs1. The summed E-state index contributed by atoms with van der Waals surface area (Å²) in [6.45, 7) is 3.99. The molecule has 16 heavy (non-hydrogen) atoms. The number of hydrogen-bond donors (Lipinski definition) is 1. The molecule has 86 valence electrons. The fraction of sp³-hybridized carbons (Fsp3) is 0.364. The Hall–Kier alpha value is -0.650. The van der Waals surface area contributed by atoms with Crippen LogP contribution in [-0.2, 0) is 13.1 Å². The van der Waals surface area contributed by atoms with Gasteiger partial charge < -0.3 is 5.32 Å². The molecule has 0 amide bonds. The molecular weight excluding hydrogens is 286 g/mol. The largest absolute Gasteiger partial charge is 0.308 e. The zero-order valence-corrected chi connectivity index (χ0v) is 11.5. The molecule has 0 aliphatic carbocycles. The Kier molecular flexibility index (Phi) is 4.15. The average molecular weight is 300 g/mol. The number of halogens is 1. The average Bonchev–Trinajstić information content (AvgIpc) is 2.87. The van der Waals surface area contributed by atoms with Gasteiger partial charge in [-0.15, -0.1) is 11.3 Å². The minimum absolute atomic E-state index is 0.417. The zero-order chi connectivity index (χ0) is 11.4. The van der Waals surface area contributed by atoms with Gasteiger partial charge in [0.15, 0.2) is 0 Å². The summed E-state index contributed by atoms with van der Waals surface area (Å²) in [7, 11) is 0. The molecule has 5 heteroatoms. The highest BCUT2D eigenvalue weighted by atomic mass is 79.9. The van der Waals surface area contributed by atoms with Gasteiger partial charge in [0.1, 0.15) is 0 Å². The van der Waals surface area contributed by atoms with E-state index in [1.807, 2.05) is 23.1 Å². The fourth-order valence-electron chi connectivity index (χ4n) is 1.47. The van der Waals surface area contributed by atoms with Crippen LogP contribution in [-0.4, -0.2) is 15.8 Å². The lowest BCUT2D eigenvalue weighted by atomic mass is 10.3. The molecule has 0 saturated carbocycles. The Balaban J connectivity index is 1.77. The minimum Gasteiger partial charge on any atom is -0.308 e. The number of rotatable bonds is 5. The Morgan fingerprint density at radius 1 is 1.62 bits per heavy atom. The normalized spacial score (nSPS) is 12.9. The van der Waals surface area contributed by atoms with Crippen LogP contribution in [0.25, 0.3) is 0 Å². The van der Waals surface area contributed by atoms with Gasteiger partial charge >= 0.3 is 0 Å². The first-order valence-electron chi connectivity index (χ1n) is 5.18. The zero-order valence-electron chi connectivity index (χ0n) is 9.06. The second kappa shape index (κ2) is 5.61. The number of thiophene rings is 1. The first-order chi connectivity index (χ1) is 7.74. The van der Waals surface area contributed by atoms with E-state index in [9.17, 15) is 0 Å². The molecule has 0 aliphatic rings. The molecule has 2 heterocycles. The van der Waals surface area contributed by atoms with Crippen LogP contribution in [0.3, 0.4) is 0 Å². The second-order valence-electron chi connectivity index (χ2n) is 3.74. The maximum atomic E-state index is 4.19. The number of nitrogens with zero attached hydrogens (tertiary/aromatic N) is 2. The first-order valence-corrected chi connectivity index (χ1v) is 6.85. The molecule has 0 saturated heterocycles. The highest BCUT2D eigenvalue weighted by Crippen LogP contribution is 2.19. The summed E-state index contributed by atoms with van der Waals surface area (Å²) in [4.78, 5) is 1.35. The van der Waals surface area contributed by atoms with Crippen LogP contribution in [0, 0.1) is 0 Å². The third-order valence-corrected chi connectivity index (χ3v) is 3.96. The van der Waals surface area contributed by atoms with Crippen LogP contribution < -0.4 is 5.32 Å². The molecule has 2 aromatic rings. The topological polar surface area (TPSA) is 29.9 Å². The van der Waals surface area contributed by atoms with E-state index in [1.165, 1.54) is 4.88 Å². The van der Waals surface area contributed by atoms with E-state index in [1.54, 1.807) is 11.3 Å². The summed E-state index contributed by atoms with van der Waals surface area (Å²) in [5.41, 5.74) is 0. The molecule has 2 rings (SSSR count). The molecule has 0 unspecified atom stereocenters. The van der Waals surface area contributed by atoms with E-state index >= 15 is 0 Å². The van der Waals surface area contributed by atoms with Crippen LogP contribution in [0.2, 0.25) is 0 Å². The van der Waals surface area contributed by atoms with Crippen molar-refractivity contribution in [3.63, 3.8) is 0 Å². The van der Waals surface area contributed by atoms with Crippen molar-refractivity contribution in [3.8, 4) is 0 Å². The Morgan fingerprint density at radius 2 is 2.50 bits per heavy atom. The molecule has 1 N–H and O–H groups in total. The molecular formula is C11H14BrN3S. The van der Waals surface area contributed by atoms with E-state index in [0.29, 0.717) is 6.04 Å². The smallest absolute Gasteiger partial charge is 0.0560 e. The van der Waals surface area contributed by atoms with Crippen LogP contribution in [0.4, 0.5) is 0 Å². The summed E-state index contributed by atoms with van der Waals surface area (Å²) in [5, 5.41) is 9.77. The van der Waals surface area contributed by atoms with Crippen molar-refractivity contribution in [2.75, 3.05) is 0 Å². The van der Waals surface area contributed by atoms with Crippen molar-refractivity contribution in [1.29, 1.82) is 0 Å². The number of aromatic nitrogens is 2. The molecule has 0 radical (unpaired) electrons. The molecule has 0 fully saturated rings. The van der Waals surface area contributed by atoms with Gasteiger partial charge in [-0.05, 0) is 35.0 Å². The van der Waals surface area contributed by atoms with Gasteiger partial charge in [0.2, 0.25) is 0 Å². The lowest BCUT2D eigenvalue weighted by Crippen LogP contribution is -2.29. The maximum absolute atomic E-state index is 4.19. The molecule has 3 nitrogen and oxygen atoms in total. The molecule has 2 aromatic heterocycles. The third kappa shape index (κ3) is 3.43. The molecule has 0 bridgehead atoms. The van der Waals surface area contributed by atoms with Gasteiger partial charge in [0, 0.05) is 39.7 Å². The van der Waals surface area contributed by atoms with Gasteiger partial charge in [-0.1, -0.05) is 0 Å². The molecule has 0 aliphatic heterocycles. The molecule has 0 aromatic carbocycles. The molecule has 1 atom stereocenters. The second-order valence-corrected chi connectivity index (χ2v) is 5.65. The van der Waals surface area contributed by atoms with E-state index in [0.717, 1.165) is 17.6 Å². The van der Waals surface area contributed by atoms with E-state index in [4.69, 9.17) is 0 Å². The highest BCUT2D eigenvalue weighted by molar-refractivity contribution is 9.10.